The first-order valence-corrected chi connectivity index (χ1v) is 12.7. The van der Waals surface area contributed by atoms with E-state index in [1.54, 1.807) is 6.20 Å². The van der Waals surface area contributed by atoms with E-state index in [-0.39, 0.29) is 23.6 Å². The monoisotopic (exact) mass is 463 g/mol. The van der Waals surface area contributed by atoms with Gasteiger partial charge in [0, 0.05) is 23.9 Å². The quantitative estimate of drug-likeness (QED) is 0.407. The van der Waals surface area contributed by atoms with Crippen molar-refractivity contribution in [1.82, 2.24) is 14.5 Å². The van der Waals surface area contributed by atoms with E-state index < -0.39 is 0 Å². The standard InChI is InChI=1S/C28H37N3O3/c1-5-31-25-13-11-20(16-24(25)30-26(31)22-15-19(4)27(32)29-17-22)10-12-21(14-18(2)3)28(33)34-23-8-6-7-9-23/h11,13,15-18,21,23H,5-10,12,14H2,1-4H3,(H,29,32)/t21-/m0/s1. The van der Waals surface area contributed by atoms with Crippen molar-refractivity contribution >= 4 is 17.0 Å². The predicted molar refractivity (Wildman–Crippen MR) is 136 cm³/mol. The SMILES string of the molecule is CCn1c(-c2c[nH]c(=O)c(C)c2)nc2cc(CC[C@@H](CC(C)C)C(=O)OC3CCCC3)ccc21. The van der Waals surface area contributed by atoms with Crippen LogP contribution in [0.5, 0.6) is 0 Å². The van der Waals surface area contributed by atoms with Gasteiger partial charge in [-0.15, -0.1) is 0 Å². The molecule has 1 saturated carbocycles. The largest absolute Gasteiger partial charge is 0.462 e. The molecule has 0 unspecified atom stereocenters. The topological polar surface area (TPSA) is 77.0 Å². The van der Waals surface area contributed by atoms with Gasteiger partial charge in [-0.1, -0.05) is 19.9 Å². The number of pyridine rings is 1. The molecule has 0 amide bonds. The van der Waals surface area contributed by atoms with E-state index >= 15 is 0 Å². The number of hydrogen-bond acceptors (Lipinski definition) is 4. The van der Waals surface area contributed by atoms with Crippen LogP contribution in [0, 0.1) is 18.8 Å². The lowest BCUT2D eigenvalue weighted by molar-refractivity contribution is -0.154. The number of imidazole rings is 1. The predicted octanol–water partition coefficient (Wildman–Crippen LogP) is 5.80. The summed E-state index contributed by atoms with van der Waals surface area (Å²) < 4.78 is 8.03. The van der Waals surface area contributed by atoms with Gasteiger partial charge >= 0.3 is 5.97 Å². The Morgan fingerprint density at radius 1 is 1.24 bits per heavy atom. The highest BCUT2D eigenvalue weighted by molar-refractivity contribution is 5.81. The number of ether oxygens (including phenoxy) is 1. The highest BCUT2D eigenvalue weighted by Gasteiger charge is 2.26. The first-order chi connectivity index (χ1) is 16.4. The van der Waals surface area contributed by atoms with Gasteiger partial charge in [0.1, 0.15) is 11.9 Å². The summed E-state index contributed by atoms with van der Waals surface area (Å²) in [6.07, 6.45) is 8.66. The van der Waals surface area contributed by atoms with Crippen LogP contribution in [-0.4, -0.2) is 26.6 Å². The Balaban J connectivity index is 1.53. The third kappa shape index (κ3) is 5.43. The Morgan fingerprint density at radius 3 is 2.68 bits per heavy atom. The number of nitrogens with zero attached hydrogens (tertiary/aromatic N) is 2. The molecule has 3 aromatic rings. The summed E-state index contributed by atoms with van der Waals surface area (Å²) in [5.41, 5.74) is 4.70. The Labute approximate surface area is 201 Å². The molecule has 4 rings (SSSR count). The maximum Gasteiger partial charge on any atom is 0.309 e. The summed E-state index contributed by atoms with van der Waals surface area (Å²) in [6.45, 7) is 9.03. The molecule has 0 radical (unpaired) electrons. The second kappa shape index (κ2) is 10.6. The minimum Gasteiger partial charge on any atom is -0.462 e. The van der Waals surface area contributed by atoms with Crippen molar-refractivity contribution in [3.8, 4) is 11.4 Å². The molecule has 0 aliphatic heterocycles. The zero-order chi connectivity index (χ0) is 24.2. The van der Waals surface area contributed by atoms with Crippen molar-refractivity contribution in [1.29, 1.82) is 0 Å². The van der Waals surface area contributed by atoms with E-state index in [9.17, 15) is 9.59 Å². The molecule has 1 N–H and O–H groups in total. The van der Waals surface area contributed by atoms with Crippen molar-refractivity contribution in [3.05, 3.63) is 51.9 Å². The van der Waals surface area contributed by atoms with Crippen LogP contribution in [0.4, 0.5) is 0 Å². The highest BCUT2D eigenvalue weighted by atomic mass is 16.5. The van der Waals surface area contributed by atoms with E-state index in [2.05, 4.69) is 48.5 Å². The fraction of sp³-hybridized carbons (Fsp3) is 0.536. The molecule has 182 valence electrons. The number of carbonyl (C=O) groups excluding carboxylic acids is 1. The number of carbonyl (C=O) groups is 1. The van der Waals surface area contributed by atoms with Crippen LogP contribution in [0.1, 0.15) is 70.4 Å². The maximum atomic E-state index is 12.9. The summed E-state index contributed by atoms with van der Waals surface area (Å²) >= 11 is 0. The van der Waals surface area contributed by atoms with E-state index in [1.165, 1.54) is 5.56 Å². The molecule has 6 heteroatoms. The molecule has 6 nitrogen and oxygen atoms in total. The minimum atomic E-state index is -0.0763. The third-order valence-electron chi connectivity index (χ3n) is 6.93. The third-order valence-corrected chi connectivity index (χ3v) is 6.93. The molecule has 0 spiro atoms. The van der Waals surface area contributed by atoms with Crippen molar-refractivity contribution < 1.29 is 9.53 Å². The van der Waals surface area contributed by atoms with Crippen molar-refractivity contribution in [2.24, 2.45) is 11.8 Å². The number of nitrogens with one attached hydrogen (secondary N) is 1. The van der Waals surface area contributed by atoms with Crippen molar-refractivity contribution in [2.75, 3.05) is 0 Å². The number of aromatic nitrogens is 3. The van der Waals surface area contributed by atoms with Gasteiger partial charge in [-0.2, -0.15) is 0 Å². The second-order valence-corrected chi connectivity index (χ2v) is 10.1. The normalized spacial score (nSPS) is 15.3. The molecule has 0 bridgehead atoms. The van der Waals surface area contributed by atoms with Gasteiger partial charge in [0.2, 0.25) is 0 Å². The lowest BCUT2D eigenvalue weighted by Gasteiger charge is -2.20. The molecule has 1 fully saturated rings. The number of fused-ring (bicyclic) bond motifs is 1. The van der Waals surface area contributed by atoms with Gasteiger partial charge in [0.15, 0.2) is 0 Å². The van der Waals surface area contributed by atoms with Gasteiger partial charge in [-0.05, 0) is 88.5 Å². The molecule has 2 aromatic heterocycles. The van der Waals surface area contributed by atoms with Crippen LogP contribution in [0.3, 0.4) is 0 Å². The van der Waals surface area contributed by atoms with Gasteiger partial charge in [0.25, 0.3) is 5.56 Å². The van der Waals surface area contributed by atoms with Crippen molar-refractivity contribution in [2.45, 2.75) is 85.3 Å². The number of benzene rings is 1. The fourth-order valence-electron chi connectivity index (χ4n) is 5.11. The van der Waals surface area contributed by atoms with Crippen molar-refractivity contribution in [3.63, 3.8) is 0 Å². The summed E-state index contributed by atoms with van der Waals surface area (Å²) in [4.78, 5) is 32.4. The number of H-pyrrole nitrogens is 1. The zero-order valence-corrected chi connectivity index (χ0v) is 20.9. The first kappa shape index (κ1) is 24.2. The first-order valence-electron chi connectivity index (χ1n) is 12.7. The Bertz CT molecular complexity index is 1200. The molecular weight excluding hydrogens is 426 g/mol. The molecular formula is C28H37N3O3. The second-order valence-electron chi connectivity index (χ2n) is 10.1. The molecule has 1 atom stereocenters. The molecule has 2 heterocycles. The molecule has 1 aromatic carbocycles. The smallest absolute Gasteiger partial charge is 0.309 e. The summed E-state index contributed by atoms with van der Waals surface area (Å²) in [7, 11) is 0. The van der Waals surface area contributed by atoms with Crippen LogP contribution < -0.4 is 5.56 Å². The number of aromatic amines is 1. The number of hydrogen-bond donors (Lipinski definition) is 1. The summed E-state index contributed by atoms with van der Waals surface area (Å²) in [5.74, 6) is 1.22. The van der Waals surface area contributed by atoms with Crippen LogP contribution in [0.15, 0.2) is 35.3 Å². The zero-order valence-electron chi connectivity index (χ0n) is 20.9. The summed E-state index contributed by atoms with van der Waals surface area (Å²) in [5, 5.41) is 0. The van der Waals surface area contributed by atoms with Crippen LogP contribution in [0.25, 0.3) is 22.4 Å². The average Bonchev–Trinajstić information content (AvgIpc) is 3.45. The average molecular weight is 464 g/mol. The number of aryl methyl sites for hydroxylation is 3. The van der Waals surface area contributed by atoms with E-state index in [4.69, 9.17) is 9.72 Å². The molecule has 1 aliphatic carbocycles. The number of esters is 1. The van der Waals surface area contributed by atoms with Gasteiger partial charge < -0.3 is 14.3 Å². The van der Waals surface area contributed by atoms with Gasteiger partial charge in [-0.25, -0.2) is 4.98 Å². The Kier molecular flexibility index (Phi) is 7.54. The summed E-state index contributed by atoms with van der Waals surface area (Å²) in [6, 6.07) is 8.29. The lowest BCUT2D eigenvalue weighted by Crippen LogP contribution is -2.24. The minimum absolute atomic E-state index is 0.0207. The van der Waals surface area contributed by atoms with Gasteiger partial charge in [-0.3, -0.25) is 9.59 Å². The lowest BCUT2D eigenvalue weighted by atomic mass is 9.91. The fourth-order valence-corrected chi connectivity index (χ4v) is 5.11. The van der Waals surface area contributed by atoms with Crippen LogP contribution >= 0.6 is 0 Å². The van der Waals surface area contributed by atoms with E-state index in [1.807, 2.05) is 13.0 Å². The van der Waals surface area contributed by atoms with Crippen LogP contribution in [-0.2, 0) is 22.5 Å². The van der Waals surface area contributed by atoms with E-state index in [0.717, 1.165) is 73.9 Å². The maximum absolute atomic E-state index is 12.9. The Hall–Kier alpha value is -2.89. The highest BCUT2D eigenvalue weighted by Crippen LogP contribution is 2.28. The number of rotatable bonds is 9. The van der Waals surface area contributed by atoms with E-state index in [0.29, 0.717) is 11.5 Å². The molecule has 0 saturated heterocycles. The molecule has 1 aliphatic rings. The molecule has 34 heavy (non-hydrogen) atoms. The Morgan fingerprint density at radius 2 is 2.00 bits per heavy atom. The van der Waals surface area contributed by atoms with Gasteiger partial charge in [0.05, 0.1) is 17.0 Å². The van der Waals surface area contributed by atoms with Crippen LogP contribution in [0.2, 0.25) is 0 Å².